The van der Waals surface area contributed by atoms with Crippen LogP contribution >= 0.6 is 0 Å². The van der Waals surface area contributed by atoms with E-state index in [1.807, 2.05) is 0 Å². The molecule has 0 spiro atoms. The van der Waals surface area contributed by atoms with Crippen molar-refractivity contribution in [3.05, 3.63) is 71.3 Å². The van der Waals surface area contributed by atoms with Gasteiger partial charge < -0.3 is 10.0 Å². The molecule has 132 valence electrons. The number of carbonyl (C=O) groups is 1. The first kappa shape index (κ1) is 17.5. The first-order chi connectivity index (χ1) is 12.0. The summed E-state index contributed by atoms with van der Waals surface area (Å²) in [4.78, 5) is 14.2. The first-order valence-electron chi connectivity index (χ1n) is 8.43. The van der Waals surface area contributed by atoms with Crippen molar-refractivity contribution in [2.75, 3.05) is 19.7 Å². The van der Waals surface area contributed by atoms with Gasteiger partial charge >= 0.3 is 0 Å². The molecule has 2 aromatic carbocycles. The molecule has 0 radical (unpaired) electrons. The van der Waals surface area contributed by atoms with Crippen LogP contribution in [-0.4, -0.2) is 35.6 Å². The number of hydrogen-bond donors (Lipinski definition) is 1. The molecule has 1 amide bonds. The largest absolute Gasteiger partial charge is 0.396 e. The molecule has 5 heteroatoms. The summed E-state index contributed by atoms with van der Waals surface area (Å²) in [6.45, 7) is 0.638. The molecule has 0 bridgehead atoms. The molecule has 1 heterocycles. The second-order valence-corrected chi connectivity index (χ2v) is 6.74. The minimum absolute atomic E-state index is 0.0298. The second-order valence-electron chi connectivity index (χ2n) is 6.74. The Labute approximate surface area is 145 Å². The average Bonchev–Trinajstić information content (AvgIpc) is 2.64. The molecule has 1 unspecified atom stereocenters. The van der Waals surface area contributed by atoms with Crippen LogP contribution in [0.3, 0.4) is 0 Å². The number of benzene rings is 2. The molecule has 1 atom stereocenters. The Kier molecular flexibility index (Phi) is 5.13. The SMILES string of the molecule is O=C(c1ccccc1F)N1CCCC(CO)(Cc2ccccc2F)C1. The van der Waals surface area contributed by atoms with E-state index in [0.717, 1.165) is 0 Å². The van der Waals surface area contributed by atoms with Crippen molar-refractivity contribution in [2.24, 2.45) is 5.41 Å². The highest BCUT2D eigenvalue weighted by atomic mass is 19.1. The van der Waals surface area contributed by atoms with Gasteiger partial charge in [-0.1, -0.05) is 30.3 Å². The van der Waals surface area contributed by atoms with Gasteiger partial charge in [-0.25, -0.2) is 8.78 Å². The highest BCUT2D eigenvalue weighted by Crippen LogP contribution is 2.34. The predicted octanol–water partition coefficient (Wildman–Crippen LogP) is 3.42. The summed E-state index contributed by atoms with van der Waals surface area (Å²) >= 11 is 0. The lowest BCUT2D eigenvalue weighted by molar-refractivity contribution is 0.0265. The summed E-state index contributed by atoms with van der Waals surface area (Å²) in [5.74, 6) is -1.25. The zero-order chi connectivity index (χ0) is 17.9. The van der Waals surface area contributed by atoms with Crippen LogP contribution in [0.5, 0.6) is 0 Å². The van der Waals surface area contributed by atoms with Crippen LogP contribution < -0.4 is 0 Å². The Bertz CT molecular complexity index is 765. The zero-order valence-corrected chi connectivity index (χ0v) is 13.9. The molecule has 0 aromatic heterocycles. The van der Waals surface area contributed by atoms with Gasteiger partial charge in [0.2, 0.25) is 0 Å². The molecule has 0 saturated carbocycles. The molecule has 1 aliphatic heterocycles. The van der Waals surface area contributed by atoms with E-state index in [1.54, 1.807) is 35.2 Å². The van der Waals surface area contributed by atoms with Crippen LogP contribution in [0.4, 0.5) is 8.78 Å². The minimum atomic E-state index is -0.610. The van der Waals surface area contributed by atoms with E-state index in [9.17, 15) is 18.7 Å². The maximum atomic E-state index is 14.0. The average molecular weight is 345 g/mol. The van der Waals surface area contributed by atoms with E-state index in [1.165, 1.54) is 18.2 Å². The van der Waals surface area contributed by atoms with E-state index in [0.29, 0.717) is 31.4 Å². The third-order valence-electron chi connectivity index (χ3n) is 4.91. The van der Waals surface area contributed by atoms with Gasteiger partial charge in [0.15, 0.2) is 0 Å². The van der Waals surface area contributed by atoms with Crippen LogP contribution in [0.25, 0.3) is 0 Å². The number of halogens is 2. The van der Waals surface area contributed by atoms with Crippen molar-refractivity contribution >= 4 is 5.91 Å². The van der Waals surface area contributed by atoms with Crippen LogP contribution in [-0.2, 0) is 6.42 Å². The summed E-state index contributed by atoms with van der Waals surface area (Å²) in [7, 11) is 0. The zero-order valence-electron chi connectivity index (χ0n) is 13.9. The van der Waals surface area contributed by atoms with Gasteiger partial charge in [0.1, 0.15) is 11.6 Å². The fourth-order valence-electron chi connectivity index (χ4n) is 3.56. The summed E-state index contributed by atoms with van der Waals surface area (Å²) in [6.07, 6.45) is 1.73. The second kappa shape index (κ2) is 7.31. The standard InChI is InChI=1S/C20H21F2NO2/c21-17-8-3-1-6-15(17)12-20(14-24)10-5-11-23(13-20)19(25)16-7-2-4-9-18(16)22/h1-4,6-9,24H,5,10-14H2. The number of aliphatic hydroxyl groups excluding tert-OH is 1. The lowest BCUT2D eigenvalue weighted by Crippen LogP contribution is -2.49. The van der Waals surface area contributed by atoms with Crippen LogP contribution in [0.15, 0.2) is 48.5 Å². The summed E-state index contributed by atoms with van der Waals surface area (Å²) in [5, 5.41) is 9.98. The third-order valence-corrected chi connectivity index (χ3v) is 4.91. The van der Waals surface area contributed by atoms with E-state index in [4.69, 9.17) is 0 Å². The number of aliphatic hydroxyl groups is 1. The maximum absolute atomic E-state index is 14.0. The van der Waals surface area contributed by atoms with Gasteiger partial charge in [-0.15, -0.1) is 0 Å². The van der Waals surface area contributed by atoms with E-state index in [-0.39, 0.29) is 30.4 Å². The molecule has 3 rings (SSSR count). The third kappa shape index (κ3) is 3.71. The Morgan fingerprint density at radius 3 is 2.44 bits per heavy atom. The number of rotatable bonds is 4. The van der Waals surface area contributed by atoms with Gasteiger partial charge in [-0.05, 0) is 43.0 Å². The molecule has 0 aliphatic carbocycles. The maximum Gasteiger partial charge on any atom is 0.256 e. The molecule has 3 nitrogen and oxygen atoms in total. The first-order valence-corrected chi connectivity index (χ1v) is 8.43. The van der Waals surface area contributed by atoms with Crippen molar-refractivity contribution in [2.45, 2.75) is 19.3 Å². The van der Waals surface area contributed by atoms with Crippen LogP contribution in [0.2, 0.25) is 0 Å². The minimum Gasteiger partial charge on any atom is -0.396 e. The van der Waals surface area contributed by atoms with Crippen LogP contribution in [0, 0.1) is 17.0 Å². The predicted molar refractivity (Wildman–Crippen MR) is 91.2 cm³/mol. The van der Waals surface area contributed by atoms with E-state index in [2.05, 4.69) is 0 Å². The van der Waals surface area contributed by atoms with Gasteiger partial charge in [0.25, 0.3) is 5.91 Å². The molecule has 1 fully saturated rings. The quantitative estimate of drug-likeness (QED) is 0.922. The topological polar surface area (TPSA) is 40.5 Å². The Morgan fingerprint density at radius 1 is 1.08 bits per heavy atom. The fraction of sp³-hybridized carbons (Fsp3) is 0.350. The molecule has 1 saturated heterocycles. The molecule has 2 aromatic rings. The number of amides is 1. The molecular formula is C20H21F2NO2. The fourth-order valence-corrected chi connectivity index (χ4v) is 3.56. The number of carbonyl (C=O) groups excluding carboxylic acids is 1. The van der Waals surface area contributed by atoms with Crippen molar-refractivity contribution in [3.8, 4) is 0 Å². The number of piperidine rings is 1. The molecular weight excluding hydrogens is 324 g/mol. The summed E-state index contributed by atoms with van der Waals surface area (Å²) < 4.78 is 27.9. The molecule has 1 aliphatic rings. The summed E-state index contributed by atoms with van der Waals surface area (Å²) in [6, 6.07) is 12.4. The number of likely N-dealkylation sites (tertiary alicyclic amines) is 1. The van der Waals surface area contributed by atoms with Crippen molar-refractivity contribution in [1.29, 1.82) is 0 Å². The van der Waals surface area contributed by atoms with Crippen molar-refractivity contribution < 1.29 is 18.7 Å². The number of nitrogens with zero attached hydrogens (tertiary/aromatic N) is 1. The highest BCUT2D eigenvalue weighted by Gasteiger charge is 2.38. The van der Waals surface area contributed by atoms with Crippen molar-refractivity contribution in [3.63, 3.8) is 0 Å². The van der Waals surface area contributed by atoms with E-state index >= 15 is 0 Å². The highest BCUT2D eigenvalue weighted by molar-refractivity contribution is 5.94. The van der Waals surface area contributed by atoms with Gasteiger partial charge in [0.05, 0.1) is 12.2 Å². The molecule has 1 N–H and O–H groups in total. The van der Waals surface area contributed by atoms with Crippen LogP contribution in [0.1, 0.15) is 28.8 Å². The van der Waals surface area contributed by atoms with Gasteiger partial charge in [-0.2, -0.15) is 0 Å². The van der Waals surface area contributed by atoms with Gasteiger partial charge in [0, 0.05) is 18.5 Å². The monoisotopic (exact) mass is 345 g/mol. The summed E-state index contributed by atoms with van der Waals surface area (Å²) in [5.41, 5.74) is -0.0553. The van der Waals surface area contributed by atoms with Crippen molar-refractivity contribution in [1.82, 2.24) is 4.90 Å². The number of hydrogen-bond acceptors (Lipinski definition) is 2. The van der Waals surface area contributed by atoms with Gasteiger partial charge in [-0.3, -0.25) is 4.79 Å². The molecule has 25 heavy (non-hydrogen) atoms. The Morgan fingerprint density at radius 2 is 1.76 bits per heavy atom. The smallest absolute Gasteiger partial charge is 0.256 e. The van der Waals surface area contributed by atoms with E-state index < -0.39 is 11.2 Å². The normalized spacial score (nSPS) is 20.5. The Balaban J connectivity index is 1.82. The lowest BCUT2D eigenvalue weighted by Gasteiger charge is -2.42. The Hall–Kier alpha value is -2.27. The lowest BCUT2D eigenvalue weighted by atomic mass is 9.75.